The maximum Gasteiger partial charge on any atom is 0.161 e. The van der Waals surface area contributed by atoms with Gasteiger partial charge >= 0.3 is 0 Å². The Morgan fingerprint density at radius 2 is 1.88 bits per heavy atom. The first-order valence-corrected chi connectivity index (χ1v) is 5.72. The Morgan fingerprint density at radius 3 is 2.41 bits per heavy atom. The van der Waals surface area contributed by atoms with Crippen molar-refractivity contribution in [3.8, 4) is 11.5 Å². The van der Waals surface area contributed by atoms with Crippen LogP contribution in [0.15, 0.2) is 18.2 Å². The third-order valence-electron chi connectivity index (χ3n) is 3.12. The van der Waals surface area contributed by atoms with Crippen LogP contribution in [-0.4, -0.2) is 14.2 Å². The first-order chi connectivity index (χ1) is 7.74. The van der Waals surface area contributed by atoms with Crippen molar-refractivity contribution in [1.29, 1.82) is 0 Å². The fourth-order valence-electron chi connectivity index (χ4n) is 1.93. The van der Waals surface area contributed by atoms with Crippen LogP contribution in [0, 0.1) is 5.92 Å². The van der Waals surface area contributed by atoms with Crippen LogP contribution in [0.5, 0.6) is 11.5 Å². The molecule has 96 valence electrons. The third kappa shape index (κ3) is 3.51. The molecule has 4 heteroatoms. The number of hydrogen-bond donors (Lipinski definition) is 1. The van der Waals surface area contributed by atoms with Crippen LogP contribution in [0.25, 0.3) is 0 Å². The average Bonchev–Trinajstić information content (AvgIpc) is 3.11. The highest BCUT2D eigenvalue weighted by Crippen LogP contribution is 2.38. The smallest absolute Gasteiger partial charge is 0.161 e. The van der Waals surface area contributed by atoms with Gasteiger partial charge < -0.3 is 15.2 Å². The van der Waals surface area contributed by atoms with Crippen molar-refractivity contribution in [2.24, 2.45) is 11.7 Å². The van der Waals surface area contributed by atoms with Gasteiger partial charge in [-0.05, 0) is 30.0 Å². The van der Waals surface area contributed by atoms with Gasteiger partial charge in [0.15, 0.2) is 11.5 Å². The van der Waals surface area contributed by atoms with Gasteiger partial charge in [-0.3, -0.25) is 0 Å². The third-order valence-corrected chi connectivity index (χ3v) is 3.12. The molecule has 0 saturated heterocycles. The van der Waals surface area contributed by atoms with E-state index in [9.17, 15) is 0 Å². The summed E-state index contributed by atoms with van der Waals surface area (Å²) in [6.07, 6.45) is 3.75. The topological polar surface area (TPSA) is 44.5 Å². The Kier molecular flexibility index (Phi) is 5.09. The molecule has 1 aromatic carbocycles. The van der Waals surface area contributed by atoms with Crippen LogP contribution >= 0.6 is 12.4 Å². The van der Waals surface area contributed by atoms with Crippen LogP contribution in [0.3, 0.4) is 0 Å². The number of methoxy groups -OCH3 is 2. The quantitative estimate of drug-likeness (QED) is 0.882. The zero-order chi connectivity index (χ0) is 11.5. The number of hydrogen-bond acceptors (Lipinski definition) is 3. The summed E-state index contributed by atoms with van der Waals surface area (Å²) in [5.41, 5.74) is 7.28. The van der Waals surface area contributed by atoms with Crippen LogP contribution in [0.1, 0.15) is 30.9 Å². The minimum absolute atomic E-state index is 0. The molecule has 1 fully saturated rings. The highest BCUT2D eigenvalue weighted by Gasteiger charge is 2.24. The van der Waals surface area contributed by atoms with Gasteiger partial charge in [-0.2, -0.15) is 0 Å². The molecule has 1 aliphatic carbocycles. The molecule has 1 saturated carbocycles. The van der Waals surface area contributed by atoms with E-state index in [1.807, 2.05) is 18.2 Å². The van der Waals surface area contributed by atoms with Crippen molar-refractivity contribution >= 4 is 12.4 Å². The van der Waals surface area contributed by atoms with Gasteiger partial charge in [0.2, 0.25) is 0 Å². The molecule has 0 heterocycles. The van der Waals surface area contributed by atoms with Gasteiger partial charge in [0.05, 0.1) is 14.2 Å². The monoisotopic (exact) mass is 257 g/mol. The van der Waals surface area contributed by atoms with E-state index in [-0.39, 0.29) is 18.4 Å². The van der Waals surface area contributed by atoms with Gasteiger partial charge in [0, 0.05) is 6.04 Å². The summed E-state index contributed by atoms with van der Waals surface area (Å²) in [5, 5.41) is 0. The lowest BCUT2D eigenvalue weighted by Crippen LogP contribution is -2.11. The van der Waals surface area contributed by atoms with Crippen molar-refractivity contribution in [2.75, 3.05) is 14.2 Å². The molecule has 17 heavy (non-hydrogen) atoms. The molecule has 0 spiro atoms. The Labute approximate surface area is 109 Å². The Hall–Kier alpha value is -0.930. The van der Waals surface area contributed by atoms with Gasteiger partial charge in [0.1, 0.15) is 0 Å². The summed E-state index contributed by atoms with van der Waals surface area (Å²) in [4.78, 5) is 0. The molecule has 2 N–H and O–H groups in total. The largest absolute Gasteiger partial charge is 0.493 e. The van der Waals surface area contributed by atoms with Crippen LogP contribution in [0.2, 0.25) is 0 Å². The molecule has 0 radical (unpaired) electrons. The minimum atomic E-state index is 0. The molecule has 0 unspecified atom stereocenters. The summed E-state index contributed by atoms with van der Waals surface area (Å²) in [7, 11) is 3.29. The van der Waals surface area contributed by atoms with E-state index in [0.717, 1.165) is 29.4 Å². The summed E-state index contributed by atoms with van der Waals surface area (Å²) in [5.74, 6) is 2.35. The number of nitrogens with two attached hydrogens (primary N) is 1. The van der Waals surface area contributed by atoms with Crippen molar-refractivity contribution < 1.29 is 9.47 Å². The van der Waals surface area contributed by atoms with Gasteiger partial charge in [-0.1, -0.05) is 18.9 Å². The molecule has 1 aliphatic rings. The van der Waals surface area contributed by atoms with E-state index in [1.54, 1.807) is 14.2 Å². The normalized spacial score (nSPS) is 15.9. The first kappa shape index (κ1) is 14.1. The molecule has 3 nitrogen and oxygen atoms in total. The van der Waals surface area contributed by atoms with E-state index in [0.29, 0.717) is 0 Å². The lowest BCUT2D eigenvalue weighted by molar-refractivity contribution is 0.354. The maximum atomic E-state index is 6.15. The van der Waals surface area contributed by atoms with Gasteiger partial charge in [0.25, 0.3) is 0 Å². The van der Waals surface area contributed by atoms with Gasteiger partial charge in [-0.15, -0.1) is 12.4 Å². The zero-order valence-electron chi connectivity index (χ0n) is 10.3. The second-order valence-corrected chi connectivity index (χ2v) is 4.40. The van der Waals surface area contributed by atoms with E-state index in [2.05, 4.69) is 0 Å². The second-order valence-electron chi connectivity index (χ2n) is 4.40. The molecule has 0 aromatic heterocycles. The number of ether oxygens (including phenoxy) is 2. The lowest BCUT2D eigenvalue weighted by atomic mass is 10.0. The van der Waals surface area contributed by atoms with Crippen LogP contribution in [-0.2, 0) is 0 Å². The minimum Gasteiger partial charge on any atom is -0.493 e. The van der Waals surface area contributed by atoms with E-state index in [4.69, 9.17) is 15.2 Å². The fourth-order valence-corrected chi connectivity index (χ4v) is 1.93. The molecule has 0 amide bonds. The highest BCUT2D eigenvalue weighted by atomic mass is 35.5. The Bertz CT molecular complexity index is 366. The number of rotatable bonds is 5. The number of halogens is 1. The lowest BCUT2D eigenvalue weighted by Gasteiger charge is -2.14. The van der Waals surface area contributed by atoms with Crippen LogP contribution in [0.4, 0.5) is 0 Å². The van der Waals surface area contributed by atoms with Crippen molar-refractivity contribution in [2.45, 2.75) is 25.3 Å². The molecular weight excluding hydrogens is 238 g/mol. The summed E-state index contributed by atoms with van der Waals surface area (Å²) >= 11 is 0. The summed E-state index contributed by atoms with van der Waals surface area (Å²) < 4.78 is 10.5. The maximum absolute atomic E-state index is 6.15. The second kappa shape index (κ2) is 6.12. The average molecular weight is 258 g/mol. The predicted molar refractivity (Wildman–Crippen MR) is 71.1 cm³/mol. The Morgan fingerprint density at radius 1 is 1.24 bits per heavy atom. The molecular formula is C13H20ClNO2. The van der Waals surface area contributed by atoms with E-state index >= 15 is 0 Å². The molecule has 1 aromatic rings. The molecule has 0 aliphatic heterocycles. The fraction of sp³-hybridized carbons (Fsp3) is 0.538. The summed E-state index contributed by atoms with van der Waals surface area (Å²) in [6, 6.07) is 6.04. The van der Waals surface area contributed by atoms with Crippen LogP contribution < -0.4 is 15.2 Å². The van der Waals surface area contributed by atoms with Crippen molar-refractivity contribution in [3.63, 3.8) is 0 Å². The standard InChI is InChI=1S/C13H19NO2.ClH/c1-15-12-6-5-10(8-13(12)16-2)11(14)7-9-3-4-9;/h5-6,8-9,11H,3-4,7,14H2,1-2H3;1H/t11-;/m1./s1. The first-order valence-electron chi connectivity index (χ1n) is 5.72. The van der Waals surface area contributed by atoms with Crippen molar-refractivity contribution in [3.05, 3.63) is 23.8 Å². The summed E-state index contributed by atoms with van der Waals surface area (Å²) in [6.45, 7) is 0. The van der Waals surface area contributed by atoms with Gasteiger partial charge in [-0.25, -0.2) is 0 Å². The Balaban J connectivity index is 0.00000144. The SMILES string of the molecule is COc1ccc([C@H](N)CC2CC2)cc1OC.Cl. The highest BCUT2D eigenvalue weighted by molar-refractivity contribution is 5.85. The molecule has 2 rings (SSSR count). The molecule has 0 bridgehead atoms. The molecule has 1 atom stereocenters. The number of benzene rings is 1. The zero-order valence-corrected chi connectivity index (χ0v) is 11.1. The van der Waals surface area contributed by atoms with E-state index in [1.165, 1.54) is 12.8 Å². The predicted octanol–water partition coefficient (Wildman–Crippen LogP) is 2.93. The van der Waals surface area contributed by atoms with Crippen molar-refractivity contribution in [1.82, 2.24) is 0 Å². The van der Waals surface area contributed by atoms with E-state index < -0.39 is 0 Å².